The molecule has 0 atom stereocenters. The van der Waals surface area contributed by atoms with E-state index in [2.05, 4.69) is 46.6 Å². The van der Waals surface area contributed by atoms with Crippen molar-refractivity contribution in [2.45, 2.75) is 5.54 Å². The molecule has 1 N–H and O–H groups in total. The average molecular weight is 505 g/mol. The summed E-state index contributed by atoms with van der Waals surface area (Å²) in [5.74, 6) is -0.0649. The largest absolute Gasteiger partial charge is 0.341 e. The fourth-order valence-electron chi connectivity index (χ4n) is 5.36. The van der Waals surface area contributed by atoms with Crippen molar-refractivity contribution in [3.05, 3.63) is 144 Å². The van der Waals surface area contributed by atoms with Crippen molar-refractivity contribution in [3.63, 3.8) is 0 Å². The zero-order chi connectivity index (χ0) is 26.4. The summed E-state index contributed by atoms with van der Waals surface area (Å²) in [7, 11) is 1.63. The molecule has 6 heteroatoms. The van der Waals surface area contributed by atoms with E-state index in [1.54, 1.807) is 11.9 Å². The standard InChI is InChI=1S/C32H32N4O2/c1-33-31(38)35-24-22-34(23-25-35)30(37)29-20-12-5-13-21-36(29)32(26-14-6-2-7-15-26,27-16-8-3-9-17-27)28-18-10-4-11-19-28/h2-21H,22-25H2,1H3,(H,33,38). The summed E-state index contributed by atoms with van der Waals surface area (Å²) in [5.41, 5.74) is 2.91. The van der Waals surface area contributed by atoms with Crippen LogP contribution in [0.1, 0.15) is 16.7 Å². The molecule has 0 saturated carbocycles. The molecule has 0 spiro atoms. The first kappa shape index (κ1) is 25.1. The molecular weight excluding hydrogens is 472 g/mol. The number of nitrogens with one attached hydrogen (secondary N) is 1. The van der Waals surface area contributed by atoms with Gasteiger partial charge in [-0.1, -0.05) is 103 Å². The number of nitrogens with zero attached hydrogens (tertiary/aromatic N) is 3. The summed E-state index contributed by atoms with van der Waals surface area (Å²) in [6.45, 7) is 1.93. The molecule has 5 rings (SSSR count). The first-order valence-corrected chi connectivity index (χ1v) is 12.9. The number of carbonyl (C=O) groups excluding carboxylic acids is 2. The van der Waals surface area contributed by atoms with Crippen molar-refractivity contribution in [2.24, 2.45) is 0 Å². The van der Waals surface area contributed by atoms with Gasteiger partial charge in [-0.15, -0.1) is 0 Å². The highest BCUT2D eigenvalue weighted by atomic mass is 16.2. The van der Waals surface area contributed by atoms with Gasteiger partial charge in [-0.2, -0.15) is 0 Å². The Hall–Kier alpha value is -4.58. The van der Waals surface area contributed by atoms with Gasteiger partial charge >= 0.3 is 6.03 Å². The van der Waals surface area contributed by atoms with Crippen molar-refractivity contribution in [2.75, 3.05) is 33.2 Å². The Labute approximate surface area is 224 Å². The third-order valence-electron chi connectivity index (χ3n) is 7.19. The maximum absolute atomic E-state index is 14.2. The first-order chi connectivity index (χ1) is 18.7. The van der Waals surface area contributed by atoms with E-state index >= 15 is 0 Å². The van der Waals surface area contributed by atoms with E-state index in [0.29, 0.717) is 31.9 Å². The van der Waals surface area contributed by atoms with Gasteiger partial charge < -0.3 is 20.0 Å². The van der Waals surface area contributed by atoms with Gasteiger partial charge in [0.15, 0.2) is 0 Å². The SMILES string of the molecule is CNC(=O)N1CCN(C(=O)C2=CC=CC=CN2C(c2ccccc2)(c2ccccc2)c2ccccc2)CC1. The normalized spacial score (nSPS) is 15.6. The van der Waals surface area contributed by atoms with Crippen LogP contribution in [-0.2, 0) is 10.3 Å². The summed E-state index contributed by atoms with van der Waals surface area (Å²) in [5, 5.41) is 2.68. The smallest absolute Gasteiger partial charge is 0.317 e. The second-order valence-corrected chi connectivity index (χ2v) is 9.29. The van der Waals surface area contributed by atoms with E-state index < -0.39 is 5.54 Å². The van der Waals surface area contributed by atoms with E-state index in [4.69, 9.17) is 0 Å². The second-order valence-electron chi connectivity index (χ2n) is 9.29. The molecule has 0 aliphatic carbocycles. The zero-order valence-corrected chi connectivity index (χ0v) is 21.5. The minimum absolute atomic E-state index is 0.0649. The summed E-state index contributed by atoms with van der Waals surface area (Å²) < 4.78 is 0. The van der Waals surface area contributed by atoms with Gasteiger partial charge in [-0.05, 0) is 28.8 Å². The van der Waals surface area contributed by atoms with Gasteiger partial charge in [0.1, 0.15) is 11.2 Å². The molecule has 2 aliphatic rings. The lowest BCUT2D eigenvalue weighted by atomic mass is 9.75. The number of hydrogen-bond acceptors (Lipinski definition) is 3. The van der Waals surface area contributed by atoms with Crippen LogP contribution in [0.5, 0.6) is 0 Å². The van der Waals surface area contributed by atoms with Crippen LogP contribution in [0.25, 0.3) is 0 Å². The third kappa shape index (κ3) is 4.61. The molecule has 38 heavy (non-hydrogen) atoms. The fourth-order valence-corrected chi connectivity index (χ4v) is 5.36. The van der Waals surface area contributed by atoms with Crippen LogP contribution in [0.4, 0.5) is 4.79 Å². The lowest BCUT2D eigenvalue weighted by Crippen LogP contribution is -2.55. The van der Waals surface area contributed by atoms with E-state index in [-0.39, 0.29) is 11.9 Å². The number of amides is 3. The van der Waals surface area contributed by atoms with Crippen molar-refractivity contribution in [3.8, 4) is 0 Å². The minimum Gasteiger partial charge on any atom is -0.341 e. The Morgan fingerprint density at radius 2 is 1.13 bits per heavy atom. The molecule has 2 aliphatic heterocycles. The summed E-state index contributed by atoms with van der Waals surface area (Å²) in [6.07, 6.45) is 9.74. The van der Waals surface area contributed by atoms with Gasteiger partial charge in [0.25, 0.3) is 5.91 Å². The van der Waals surface area contributed by atoms with Gasteiger partial charge in [0.05, 0.1) is 0 Å². The average Bonchev–Trinajstić information content (AvgIpc) is 3.25. The monoisotopic (exact) mass is 504 g/mol. The maximum Gasteiger partial charge on any atom is 0.317 e. The summed E-state index contributed by atoms with van der Waals surface area (Å²) in [4.78, 5) is 32.0. The van der Waals surface area contributed by atoms with Gasteiger partial charge in [-0.3, -0.25) is 4.79 Å². The molecule has 3 amide bonds. The number of benzene rings is 3. The van der Waals surface area contributed by atoms with Crippen molar-refractivity contribution in [1.29, 1.82) is 0 Å². The van der Waals surface area contributed by atoms with Crippen LogP contribution >= 0.6 is 0 Å². The summed E-state index contributed by atoms with van der Waals surface area (Å²) >= 11 is 0. The quantitative estimate of drug-likeness (QED) is 0.511. The Balaban J connectivity index is 1.65. The molecule has 6 nitrogen and oxygen atoms in total. The molecule has 0 radical (unpaired) electrons. The Morgan fingerprint density at radius 1 is 0.658 bits per heavy atom. The molecule has 192 valence electrons. The lowest BCUT2D eigenvalue weighted by molar-refractivity contribution is -0.130. The molecule has 0 unspecified atom stereocenters. The highest BCUT2D eigenvalue weighted by Gasteiger charge is 2.44. The molecule has 1 fully saturated rings. The molecule has 0 aromatic heterocycles. The Kier molecular flexibility index (Phi) is 7.40. The number of rotatable bonds is 5. The van der Waals surface area contributed by atoms with E-state index in [1.165, 1.54) is 0 Å². The highest BCUT2D eigenvalue weighted by molar-refractivity contribution is 5.94. The molecule has 2 heterocycles. The fraction of sp³-hybridized carbons (Fsp3) is 0.188. The molecular formula is C32H32N4O2. The zero-order valence-electron chi connectivity index (χ0n) is 21.5. The van der Waals surface area contributed by atoms with Crippen LogP contribution in [0.3, 0.4) is 0 Å². The third-order valence-corrected chi connectivity index (χ3v) is 7.19. The van der Waals surface area contributed by atoms with Crippen LogP contribution < -0.4 is 5.32 Å². The molecule has 0 bridgehead atoms. The first-order valence-electron chi connectivity index (χ1n) is 12.9. The molecule has 3 aromatic carbocycles. The minimum atomic E-state index is -0.808. The van der Waals surface area contributed by atoms with Crippen molar-refractivity contribution < 1.29 is 9.59 Å². The second kappa shape index (κ2) is 11.2. The van der Waals surface area contributed by atoms with Gasteiger partial charge in [0.2, 0.25) is 0 Å². The van der Waals surface area contributed by atoms with Crippen LogP contribution in [0.15, 0.2) is 127 Å². The topological polar surface area (TPSA) is 55.9 Å². The molecule has 3 aromatic rings. The lowest BCUT2D eigenvalue weighted by Gasteiger charge is -2.46. The molecule has 1 saturated heterocycles. The number of piperazine rings is 1. The number of allylic oxidation sites excluding steroid dienone is 4. The van der Waals surface area contributed by atoms with Crippen molar-refractivity contribution >= 4 is 11.9 Å². The van der Waals surface area contributed by atoms with E-state index in [9.17, 15) is 9.59 Å². The Morgan fingerprint density at radius 3 is 1.61 bits per heavy atom. The number of carbonyl (C=O) groups is 2. The van der Waals surface area contributed by atoms with Crippen LogP contribution in [0.2, 0.25) is 0 Å². The van der Waals surface area contributed by atoms with Crippen LogP contribution in [0, 0.1) is 0 Å². The highest BCUT2D eigenvalue weighted by Crippen LogP contribution is 2.45. The predicted molar refractivity (Wildman–Crippen MR) is 150 cm³/mol. The van der Waals surface area contributed by atoms with Crippen molar-refractivity contribution in [1.82, 2.24) is 20.0 Å². The van der Waals surface area contributed by atoms with Gasteiger partial charge in [-0.25, -0.2) is 4.79 Å². The number of hydrogen-bond donors (Lipinski definition) is 1. The summed E-state index contributed by atoms with van der Waals surface area (Å²) in [6, 6.07) is 30.9. The maximum atomic E-state index is 14.2. The number of urea groups is 1. The van der Waals surface area contributed by atoms with E-state index in [0.717, 1.165) is 16.7 Å². The Bertz CT molecular complexity index is 1250. The van der Waals surface area contributed by atoms with E-state index in [1.807, 2.05) is 90.0 Å². The van der Waals surface area contributed by atoms with Gasteiger partial charge in [0, 0.05) is 39.4 Å². The predicted octanol–water partition coefficient (Wildman–Crippen LogP) is 4.73. The van der Waals surface area contributed by atoms with Crippen LogP contribution in [-0.4, -0.2) is 59.9 Å².